The van der Waals surface area contributed by atoms with Crippen molar-refractivity contribution < 1.29 is 23.0 Å². The minimum atomic E-state index is -4.25. The fraction of sp³-hybridized carbons (Fsp3) is 1.00. The minimum Gasteiger partial charge on any atom is -0.394 e. The molecule has 0 unspecified atom stereocenters. The molecule has 0 fully saturated rings. The standard InChI is InChI=1S/C10H20F3NO2/c1-9(2,7-15)14(3)5-4-6-16-8-10(11,12)13/h15H,4-8H2,1-3H3. The van der Waals surface area contributed by atoms with Gasteiger partial charge in [-0.05, 0) is 27.3 Å². The molecule has 0 aliphatic rings. The van der Waals surface area contributed by atoms with Crippen LogP contribution in [0.25, 0.3) is 0 Å². The van der Waals surface area contributed by atoms with E-state index in [-0.39, 0.29) is 18.8 Å². The van der Waals surface area contributed by atoms with E-state index in [4.69, 9.17) is 5.11 Å². The molecular formula is C10H20F3NO2. The molecule has 0 saturated heterocycles. The molecule has 0 heterocycles. The smallest absolute Gasteiger partial charge is 0.394 e. The number of alkyl halides is 3. The molecule has 6 heteroatoms. The van der Waals surface area contributed by atoms with Gasteiger partial charge in [-0.2, -0.15) is 13.2 Å². The number of rotatable bonds is 7. The van der Waals surface area contributed by atoms with Gasteiger partial charge in [-0.15, -0.1) is 0 Å². The number of likely N-dealkylation sites (N-methyl/N-ethyl adjacent to an activating group) is 1. The molecule has 0 atom stereocenters. The van der Waals surface area contributed by atoms with Gasteiger partial charge in [0.05, 0.1) is 6.61 Å². The number of hydrogen-bond acceptors (Lipinski definition) is 3. The van der Waals surface area contributed by atoms with E-state index in [2.05, 4.69) is 4.74 Å². The van der Waals surface area contributed by atoms with Gasteiger partial charge >= 0.3 is 6.18 Å². The molecule has 0 rings (SSSR count). The molecule has 0 aromatic heterocycles. The van der Waals surface area contributed by atoms with Gasteiger partial charge in [0.25, 0.3) is 0 Å². The van der Waals surface area contributed by atoms with E-state index >= 15 is 0 Å². The Kier molecular flexibility index (Phi) is 6.28. The van der Waals surface area contributed by atoms with Crippen molar-refractivity contribution in [3.8, 4) is 0 Å². The summed E-state index contributed by atoms with van der Waals surface area (Å²) in [6.07, 6.45) is -3.74. The Hall–Kier alpha value is -0.330. The monoisotopic (exact) mass is 243 g/mol. The molecule has 0 spiro atoms. The maximum atomic E-state index is 11.7. The molecule has 0 saturated carbocycles. The summed E-state index contributed by atoms with van der Waals surface area (Å²) in [5.41, 5.74) is -0.357. The van der Waals surface area contributed by atoms with Crippen LogP contribution in [0.2, 0.25) is 0 Å². The summed E-state index contributed by atoms with van der Waals surface area (Å²) in [6.45, 7) is 3.21. The lowest BCUT2D eigenvalue weighted by molar-refractivity contribution is -0.174. The second-order valence-electron chi connectivity index (χ2n) is 4.41. The highest BCUT2D eigenvalue weighted by Gasteiger charge is 2.27. The summed E-state index contributed by atoms with van der Waals surface area (Å²) in [6, 6.07) is 0. The van der Waals surface area contributed by atoms with Crippen LogP contribution in [0.15, 0.2) is 0 Å². The molecule has 0 aromatic rings. The van der Waals surface area contributed by atoms with Gasteiger partial charge in [0.15, 0.2) is 0 Å². The lowest BCUT2D eigenvalue weighted by Gasteiger charge is -2.33. The molecule has 0 aromatic carbocycles. The highest BCUT2D eigenvalue weighted by Crippen LogP contribution is 2.15. The molecule has 0 amide bonds. The first kappa shape index (κ1) is 15.7. The van der Waals surface area contributed by atoms with E-state index in [1.165, 1.54) is 0 Å². The summed E-state index contributed by atoms with van der Waals surface area (Å²) in [5, 5.41) is 9.05. The second-order valence-corrected chi connectivity index (χ2v) is 4.41. The van der Waals surface area contributed by atoms with Crippen molar-refractivity contribution in [1.29, 1.82) is 0 Å². The molecule has 0 bridgehead atoms. The third-order valence-electron chi connectivity index (χ3n) is 2.47. The van der Waals surface area contributed by atoms with E-state index in [0.717, 1.165) is 0 Å². The van der Waals surface area contributed by atoms with Crippen molar-refractivity contribution in [1.82, 2.24) is 4.90 Å². The van der Waals surface area contributed by atoms with Crippen LogP contribution in [-0.4, -0.2) is 55.1 Å². The van der Waals surface area contributed by atoms with Gasteiger partial charge in [0.1, 0.15) is 6.61 Å². The van der Waals surface area contributed by atoms with Crippen LogP contribution in [0.4, 0.5) is 13.2 Å². The number of nitrogens with zero attached hydrogens (tertiary/aromatic N) is 1. The zero-order valence-electron chi connectivity index (χ0n) is 9.97. The van der Waals surface area contributed by atoms with Crippen molar-refractivity contribution in [3.05, 3.63) is 0 Å². The zero-order chi connectivity index (χ0) is 12.8. The topological polar surface area (TPSA) is 32.7 Å². The maximum absolute atomic E-state index is 11.7. The lowest BCUT2D eigenvalue weighted by atomic mass is 10.1. The Morgan fingerprint density at radius 1 is 1.25 bits per heavy atom. The zero-order valence-corrected chi connectivity index (χ0v) is 9.97. The predicted molar refractivity (Wildman–Crippen MR) is 55.3 cm³/mol. The highest BCUT2D eigenvalue weighted by molar-refractivity contribution is 4.77. The normalized spacial score (nSPS) is 13.5. The summed E-state index contributed by atoms with van der Waals surface area (Å²) in [7, 11) is 1.82. The van der Waals surface area contributed by atoms with Crippen molar-refractivity contribution in [2.75, 3.05) is 33.4 Å². The first-order valence-electron chi connectivity index (χ1n) is 5.15. The third-order valence-corrected chi connectivity index (χ3v) is 2.47. The predicted octanol–water partition coefficient (Wildman–Crippen LogP) is 1.66. The maximum Gasteiger partial charge on any atom is 0.411 e. The molecule has 0 radical (unpaired) electrons. The molecule has 0 aliphatic heterocycles. The number of aliphatic hydroxyl groups is 1. The summed E-state index contributed by atoms with van der Waals surface area (Å²) < 4.78 is 39.6. The molecule has 0 aliphatic carbocycles. The van der Waals surface area contributed by atoms with Crippen molar-refractivity contribution in [2.45, 2.75) is 32.0 Å². The average molecular weight is 243 g/mol. The Morgan fingerprint density at radius 3 is 2.25 bits per heavy atom. The van der Waals surface area contributed by atoms with Crippen LogP contribution in [0.1, 0.15) is 20.3 Å². The Morgan fingerprint density at radius 2 is 1.81 bits per heavy atom. The quantitative estimate of drug-likeness (QED) is 0.690. The number of aliphatic hydroxyl groups excluding tert-OH is 1. The Labute approximate surface area is 94.2 Å². The molecule has 3 nitrogen and oxygen atoms in total. The van der Waals surface area contributed by atoms with Gasteiger partial charge < -0.3 is 9.84 Å². The largest absolute Gasteiger partial charge is 0.411 e. The molecule has 98 valence electrons. The first-order chi connectivity index (χ1) is 7.19. The van der Waals surface area contributed by atoms with Crippen LogP contribution >= 0.6 is 0 Å². The number of ether oxygens (including phenoxy) is 1. The number of hydrogen-bond donors (Lipinski definition) is 1. The summed E-state index contributed by atoms with van der Waals surface area (Å²) in [4.78, 5) is 1.89. The van der Waals surface area contributed by atoms with E-state index in [1.54, 1.807) is 0 Å². The van der Waals surface area contributed by atoms with E-state index in [9.17, 15) is 13.2 Å². The van der Waals surface area contributed by atoms with Crippen LogP contribution in [0.5, 0.6) is 0 Å². The van der Waals surface area contributed by atoms with Gasteiger partial charge in [-0.3, -0.25) is 4.90 Å². The third kappa shape index (κ3) is 7.03. The summed E-state index contributed by atoms with van der Waals surface area (Å²) >= 11 is 0. The molecular weight excluding hydrogens is 223 g/mol. The highest BCUT2D eigenvalue weighted by atomic mass is 19.4. The molecule has 16 heavy (non-hydrogen) atoms. The lowest BCUT2D eigenvalue weighted by Crippen LogP contribution is -2.44. The Balaban J connectivity index is 3.60. The Bertz CT molecular complexity index is 195. The summed E-state index contributed by atoms with van der Waals surface area (Å²) in [5.74, 6) is 0. The van der Waals surface area contributed by atoms with E-state index in [0.29, 0.717) is 13.0 Å². The SMILES string of the molecule is CN(CCCOCC(F)(F)F)C(C)(C)CO. The minimum absolute atomic E-state index is 0.00685. The average Bonchev–Trinajstić information content (AvgIpc) is 2.15. The van der Waals surface area contributed by atoms with Crippen LogP contribution < -0.4 is 0 Å². The van der Waals surface area contributed by atoms with Crippen molar-refractivity contribution in [3.63, 3.8) is 0 Å². The van der Waals surface area contributed by atoms with Gasteiger partial charge in [0, 0.05) is 18.7 Å². The second kappa shape index (κ2) is 6.42. The van der Waals surface area contributed by atoms with Gasteiger partial charge in [-0.1, -0.05) is 0 Å². The fourth-order valence-electron chi connectivity index (χ4n) is 1.02. The van der Waals surface area contributed by atoms with Crippen molar-refractivity contribution >= 4 is 0 Å². The van der Waals surface area contributed by atoms with E-state index in [1.807, 2.05) is 25.8 Å². The van der Waals surface area contributed by atoms with E-state index < -0.39 is 12.8 Å². The molecule has 1 N–H and O–H groups in total. The van der Waals surface area contributed by atoms with Crippen molar-refractivity contribution in [2.24, 2.45) is 0 Å². The fourth-order valence-corrected chi connectivity index (χ4v) is 1.02. The first-order valence-corrected chi connectivity index (χ1v) is 5.15. The number of halogens is 3. The van der Waals surface area contributed by atoms with Crippen LogP contribution in [0.3, 0.4) is 0 Å². The van der Waals surface area contributed by atoms with Crippen LogP contribution in [-0.2, 0) is 4.74 Å². The van der Waals surface area contributed by atoms with Gasteiger partial charge in [-0.25, -0.2) is 0 Å². The van der Waals surface area contributed by atoms with Crippen LogP contribution in [0, 0.1) is 0 Å². The van der Waals surface area contributed by atoms with Gasteiger partial charge in [0.2, 0.25) is 0 Å².